The van der Waals surface area contributed by atoms with Gasteiger partial charge >= 0.3 is 0 Å². The first kappa shape index (κ1) is 16.3. The minimum Gasteiger partial charge on any atom is -0.378 e. The van der Waals surface area contributed by atoms with Crippen LogP contribution < -0.4 is 0 Å². The molecule has 1 aromatic heterocycles. The molecule has 0 bridgehead atoms. The lowest BCUT2D eigenvalue weighted by atomic mass is 10.00. The van der Waals surface area contributed by atoms with Crippen LogP contribution in [0.15, 0.2) is 48.8 Å². The Labute approximate surface area is 148 Å². The molecule has 2 aromatic rings. The standard InChI is InChI=1S/C19H24N4O2/c24-19(7-10-22-9-4-8-20-22)21-11-12-23-17(13-21)14-25-15-18(23)16-5-2-1-3-6-16/h1-6,8-9,17-18H,7,10-15H2/t17-,18-/m1/s1. The van der Waals surface area contributed by atoms with Crippen LogP contribution in [0.5, 0.6) is 0 Å². The fourth-order valence-corrected chi connectivity index (χ4v) is 3.83. The van der Waals surface area contributed by atoms with E-state index in [-0.39, 0.29) is 11.9 Å². The van der Waals surface area contributed by atoms with Crippen LogP contribution in [0.25, 0.3) is 0 Å². The summed E-state index contributed by atoms with van der Waals surface area (Å²) in [6, 6.07) is 13.0. The van der Waals surface area contributed by atoms with Gasteiger partial charge in [-0.1, -0.05) is 30.3 Å². The maximum Gasteiger partial charge on any atom is 0.224 e. The SMILES string of the molecule is O=C(CCn1cccn1)N1CCN2[C@@H](COC[C@@H]2c2ccccc2)C1. The molecule has 25 heavy (non-hydrogen) atoms. The molecule has 4 rings (SSSR count). The molecule has 0 radical (unpaired) electrons. The van der Waals surface area contributed by atoms with Gasteiger partial charge in [-0.2, -0.15) is 5.10 Å². The Bertz CT molecular complexity index is 689. The van der Waals surface area contributed by atoms with Crippen molar-refractivity contribution in [2.45, 2.75) is 25.0 Å². The van der Waals surface area contributed by atoms with E-state index < -0.39 is 0 Å². The number of benzene rings is 1. The van der Waals surface area contributed by atoms with E-state index in [4.69, 9.17) is 4.74 Å². The molecule has 1 aromatic carbocycles. The molecule has 6 nitrogen and oxygen atoms in total. The third kappa shape index (κ3) is 3.60. The minimum absolute atomic E-state index is 0.206. The molecule has 1 amide bonds. The van der Waals surface area contributed by atoms with Crippen molar-refractivity contribution in [1.82, 2.24) is 19.6 Å². The predicted octanol–water partition coefficient (Wildman–Crippen LogP) is 1.56. The first-order valence-corrected chi connectivity index (χ1v) is 8.95. The number of nitrogens with zero attached hydrogens (tertiary/aromatic N) is 4. The molecule has 0 N–H and O–H groups in total. The van der Waals surface area contributed by atoms with Crippen LogP contribution in [0.1, 0.15) is 18.0 Å². The van der Waals surface area contributed by atoms with Crippen molar-refractivity contribution in [2.24, 2.45) is 0 Å². The highest BCUT2D eigenvalue weighted by Gasteiger charge is 2.37. The van der Waals surface area contributed by atoms with Gasteiger partial charge in [0.2, 0.25) is 5.91 Å². The lowest BCUT2D eigenvalue weighted by molar-refractivity contribution is -0.140. The molecule has 2 aliphatic heterocycles. The van der Waals surface area contributed by atoms with E-state index in [0.717, 1.165) is 26.2 Å². The summed E-state index contributed by atoms with van der Waals surface area (Å²) in [7, 11) is 0. The molecule has 132 valence electrons. The Morgan fingerprint density at radius 3 is 2.84 bits per heavy atom. The minimum atomic E-state index is 0.206. The zero-order valence-electron chi connectivity index (χ0n) is 14.3. The van der Waals surface area contributed by atoms with Gasteiger partial charge in [0, 0.05) is 45.0 Å². The summed E-state index contributed by atoms with van der Waals surface area (Å²) < 4.78 is 7.67. The smallest absolute Gasteiger partial charge is 0.224 e. The summed E-state index contributed by atoms with van der Waals surface area (Å²) in [5.41, 5.74) is 1.30. The van der Waals surface area contributed by atoms with Gasteiger partial charge in [-0.25, -0.2) is 0 Å². The number of carbonyl (C=O) groups excluding carboxylic acids is 1. The van der Waals surface area contributed by atoms with E-state index in [0.29, 0.717) is 25.6 Å². The third-order valence-electron chi connectivity index (χ3n) is 5.17. The van der Waals surface area contributed by atoms with E-state index in [9.17, 15) is 4.79 Å². The normalized spacial score (nSPS) is 24.1. The summed E-state index contributed by atoms with van der Waals surface area (Å²) in [6.45, 7) is 4.51. The van der Waals surface area contributed by atoms with Gasteiger partial charge in [-0.3, -0.25) is 14.4 Å². The molecule has 2 saturated heterocycles. The van der Waals surface area contributed by atoms with Crippen LogP contribution in [0.4, 0.5) is 0 Å². The Kier molecular flexibility index (Phi) is 4.81. The quantitative estimate of drug-likeness (QED) is 0.848. The number of hydrogen-bond donors (Lipinski definition) is 0. The van der Waals surface area contributed by atoms with Gasteiger partial charge in [0.1, 0.15) is 0 Å². The number of rotatable bonds is 4. The van der Waals surface area contributed by atoms with E-state index in [1.165, 1.54) is 5.56 Å². The van der Waals surface area contributed by atoms with Crippen molar-refractivity contribution in [2.75, 3.05) is 32.8 Å². The van der Waals surface area contributed by atoms with E-state index in [1.807, 2.05) is 27.9 Å². The van der Waals surface area contributed by atoms with Crippen LogP contribution in [-0.2, 0) is 16.1 Å². The van der Waals surface area contributed by atoms with Crippen LogP contribution in [0.2, 0.25) is 0 Å². The molecule has 0 saturated carbocycles. The monoisotopic (exact) mass is 340 g/mol. The van der Waals surface area contributed by atoms with Crippen molar-refractivity contribution in [3.8, 4) is 0 Å². The van der Waals surface area contributed by atoms with Gasteiger partial charge in [0.05, 0.1) is 25.3 Å². The molecular weight excluding hydrogens is 316 g/mol. The summed E-state index contributed by atoms with van der Waals surface area (Å²) in [5.74, 6) is 0.206. The van der Waals surface area contributed by atoms with Crippen molar-refractivity contribution >= 4 is 5.91 Å². The van der Waals surface area contributed by atoms with Crippen LogP contribution in [-0.4, -0.2) is 64.4 Å². The van der Waals surface area contributed by atoms with Gasteiger partial charge in [0.15, 0.2) is 0 Å². The Morgan fingerprint density at radius 1 is 1.16 bits per heavy atom. The molecule has 2 fully saturated rings. The zero-order chi connectivity index (χ0) is 17.1. The number of hydrogen-bond acceptors (Lipinski definition) is 4. The largest absolute Gasteiger partial charge is 0.378 e. The van der Waals surface area contributed by atoms with E-state index in [2.05, 4.69) is 34.3 Å². The van der Waals surface area contributed by atoms with Gasteiger partial charge in [-0.05, 0) is 11.6 Å². The van der Waals surface area contributed by atoms with Crippen molar-refractivity contribution < 1.29 is 9.53 Å². The molecule has 6 heteroatoms. The number of fused-ring (bicyclic) bond motifs is 1. The van der Waals surface area contributed by atoms with Crippen molar-refractivity contribution in [3.63, 3.8) is 0 Å². The maximum absolute atomic E-state index is 12.5. The summed E-state index contributed by atoms with van der Waals surface area (Å²) in [4.78, 5) is 17.0. The maximum atomic E-state index is 12.5. The van der Waals surface area contributed by atoms with Crippen LogP contribution >= 0.6 is 0 Å². The second kappa shape index (κ2) is 7.37. The highest BCUT2D eigenvalue weighted by atomic mass is 16.5. The number of morpholine rings is 1. The van der Waals surface area contributed by atoms with Crippen LogP contribution in [0, 0.1) is 0 Å². The number of carbonyl (C=O) groups is 1. The molecule has 3 heterocycles. The molecule has 0 unspecified atom stereocenters. The lowest BCUT2D eigenvalue weighted by Gasteiger charge is -2.48. The average molecular weight is 340 g/mol. The fraction of sp³-hybridized carbons (Fsp3) is 0.474. The predicted molar refractivity (Wildman–Crippen MR) is 93.9 cm³/mol. The van der Waals surface area contributed by atoms with Gasteiger partial charge in [-0.15, -0.1) is 0 Å². The second-order valence-corrected chi connectivity index (χ2v) is 6.71. The highest BCUT2D eigenvalue weighted by Crippen LogP contribution is 2.29. The first-order valence-electron chi connectivity index (χ1n) is 8.95. The Balaban J connectivity index is 1.37. The fourth-order valence-electron chi connectivity index (χ4n) is 3.83. The first-order chi connectivity index (χ1) is 12.3. The molecule has 2 atom stereocenters. The number of aryl methyl sites for hydroxylation is 1. The Hall–Kier alpha value is -2.18. The lowest BCUT2D eigenvalue weighted by Crippen LogP contribution is -2.60. The molecular formula is C19H24N4O2. The van der Waals surface area contributed by atoms with E-state index >= 15 is 0 Å². The highest BCUT2D eigenvalue weighted by molar-refractivity contribution is 5.76. The molecule has 2 aliphatic rings. The zero-order valence-corrected chi connectivity index (χ0v) is 14.3. The summed E-state index contributed by atoms with van der Waals surface area (Å²) in [5, 5.41) is 4.16. The third-order valence-corrected chi connectivity index (χ3v) is 5.17. The molecule has 0 aliphatic carbocycles. The van der Waals surface area contributed by atoms with E-state index in [1.54, 1.807) is 6.20 Å². The van der Waals surface area contributed by atoms with Gasteiger partial charge in [0.25, 0.3) is 0 Å². The number of amides is 1. The summed E-state index contributed by atoms with van der Waals surface area (Å²) >= 11 is 0. The molecule has 0 spiro atoms. The Morgan fingerprint density at radius 2 is 2.04 bits per heavy atom. The number of aromatic nitrogens is 2. The second-order valence-electron chi connectivity index (χ2n) is 6.71. The number of piperazine rings is 1. The number of ether oxygens (including phenoxy) is 1. The average Bonchev–Trinajstić information content (AvgIpc) is 3.19. The van der Waals surface area contributed by atoms with Crippen LogP contribution in [0.3, 0.4) is 0 Å². The van der Waals surface area contributed by atoms with Crippen molar-refractivity contribution in [1.29, 1.82) is 0 Å². The summed E-state index contributed by atoms with van der Waals surface area (Å²) in [6.07, 6.45) is 4.13. The van der Waals surface area contributed by atoms with Crippen molar-refractivity contribution in [3.05, 3.63) is 54.4 Å². The topological polar surface area (TPSA) is 50.6 Å². The van der Waals surface area contributed by atoms with Gasteiger partial charge < -0.3 is 9.64 Å².